The predicted octanol–water partition coefficient (Wildman–Crippen LogP) is 2.26. The van der Waals surface area contributed by atoms with Crippen LogP contribution in [0.5, 0.6) is 5.75 Å². The number of rotatable bonds is 2. The molecule has 2 aromatic carbocycles. The van der Waals surface area contributed by atoms with E-state index >= 15 is 0 Å². The third-order valence-electron chi connectivity index (χ3n) is 3.21. The molecule has 0 saturated carbocycles. The monoisotopic (exact) mass is 271 g/mol. The lowest BCUT2D eigenvalue weighted by Gasteiger charge is -2.16. The Morgan fingerprint density at radius 1 is 1.05 bits per heavy atom. The summed E-state index contributed by atoms with van der Waals surface area (Å²) in [6.07, 6.45) is 0. The molecule has 1 N–H and O–H groups in total. The highest BCUT2D eigenvalue weighted by molar-refractivity contribution is 6.52. The van der Waals surface area contributed by atoms with Crippen molar-refractivity contribution >= 4 is 17.4 Å². The first-order valence-corrected chi connectivity index (χ1v) is 6.00. The van der Waals surface area contributed by atoms with Crippen molar-refractivity contribution in [3.63, 3.8) is 0 Å². The largest absolute Gasteiger partial charge is 0.508 e. The van der Waals surface area contributed by atoms with Gasteiger partial charge in [0.15, 0.2) is 0 Å². The van der Waals surface area contributed by atoms with E-state index in [0.29, 0.717) is 0 Å². The lowest BCUT2D eigenvalue weighted by Crippen LogP contribution is -2.29. The van der Waals surface area contributed by atoms with Crippen LogP contribution in [0.2, 0.25) is 0 Å². The molecule has 1 aliphatic heterocycles. The minimum absolute atomic E-state index is 0.115. The summed E-state index contributed by atoms with van der Waals surface area (Å²) < 4.78 is 13.3. The number of aromatic hydroxyl groups is 1. The summed E-state index contributed by atoms with van der Waals surface area (Å²) in [5.74, 6) is -1.68. The van der Waals surface area contributed by atoms with Crippen LogP contribution in [0, 0.1) is 5.82 Å². The molecular formula is C15H10FNO3. The lowest BCUT2D eigenvalue weighted by molar-refractivity contribution is -0.114. The van der Waals surface area contributed by atoms with Crippen LogP contribution in [0.15, 0.2) is 42.5 Å². The van der Waals surface area contributed by atoms with Gasteiger partial charge in [-0.05, 0) is 35.9 Å². The summed E-state index contributed by atoms with van der Waals surface area (Å²) in [6, 6.07) is 9.93. The molecule has 100 valence electrons. The number of nitrogens with zero attached hydrogens (tertiary/aromatic N) is 1. The molecule has 0 unspecified atom stereocenters. The molecule has 0 spiro atoms. The fourth-order valence-corrected chi connectivity index (χ4v) is 2.21. The fraction of sp³-hybridized carbons (Fsp3) is 0.0667. The molecule has 20 heavy (non-hydrogen) atoms. The van der Waals surface area contributed by atoms with Crippen LogP contribution in [0.1, 0.15) is 15.9 Å². The van der Waals surface area contributed by atoms with E-state index in [1.807, 2.05) is 0 Å². The Hall–Kier alpha value is -2.69. The summed E-state index contributed by atoms with van der Waals surface area (Å²) in [7, 11) is 0. The summed E-state index contributed by atoms with van der Waals surface area (Å²) in [5, 5.41) is 9.22. The Labute approximate surface area is 114 Å². The zero-order valence-electron chi connectivity index (χ0n) is 10.3. The molecule has 4 nitrogen and oxygen atoms in total. The second-order valence-electron chi connectivity index (χ2n) is 4.55. The first-order valence-electron chi connectivity index (χ1n) is 6.00. The number of amides is 1. The van der Waals surface area contributed by atoms with Crippen molar-refractivity contribution in [1.82, 2.24) is 0 Å². The van der Waals surface area contributed by atoms with Crippen LogP contribution in [0.4, 0.5) is 10.1 Å². The Balaban J connectivity index is 1.98. The number of Topliss-reactive ketones (excluding diaryl/α,β-unsaturated/α-hetero) is 1. The van der Waals surface area contributed by atoms with Crippen molar-refractivity contribution < 1.29 is 19.1 Å². The molecule has 0 radical (unpaired) electrons. The first-order chi connectivity index (χ1) is 9.56. The number of phenols is 1. The molecule has 0 bridgehead atoms. The maximum atomic E-state index is 13.3. The average Bonchev–Trinajstić information content (AvgIpc) is 2.66. The van der Waals surface area contributed by atoms with Crippen LogP contribution in [0.3, 0.4) is 0 Å². The van der Waals surface area contributed by atoms with Crippen molar-refractivity contribution in [1.29, 1.82) is 0 Å². The SMILES string of the molecule is O=C1C(=O)N(Cc2ccc(O)cc2)c2cc(F)ccc21. The Kier molecular flexibility index (Phi) is 2.75. The third kappa shape index (κ3) is 1.93. The van der Waals surface area contributed by atoms with Gasteiger partial charge in [0.05, 0.1) is 17.8 Å². The molecule has 0 aromatic heterocycles. The van der Waals surface area contributed by atoms with E-state index in [-0.39, 0.29) is 23.5 Å². The van der Waals surface area contributed by atoms with Crippen molar-refractivity contribution in [3.8, 4) is 5.75 Å². The minimum Gasteiger partial charge on any atom is -0.508 e. The van der Waals surface area contributed by atoms with Gasteiger partial charge in [0, 0.05) is 0 Å². The average molecular weight is 271 g/mol. The van der Waals surface area contributed by atoms with E-state index in [1.165, 1.54) is 29.2 Å². The molecule has 0 atom stereocenters. The zero-order chi connectivity index (χ0) is 14.3. The summed E-state index contributed by atoms with van der Waals surface area (Å²) in [5.41, 5.74) is 1.24. The maximum absolute atomic E-state index is 13.3. The van der Waals surface area contributed by atoms with Gasteiger partial charge < -0.3 is 10.0 Å². The quantitative estimate of drug-likeness (QED) is 0.852. The Morgan fingerprint density at radius 2 is 1.75 bits per heavy atom. The van der Waals surface area contributed by atoms with Gasteiger partial charge in [-0.2, -0.15) is 0 Å². The van der Waals surface area contributed by atoms with Gasteiger partial charge in [-0.25, -0.2) is 4.39 Å². The Bertz CT molecular complexity index is 710. The van der Waals surface area contributed by atoms with Crippen LogP contribution in [-0.2, 0) is 11.3 Å². The third-order valence-corrected chi connectivity index (χ3v) is 3.21. The summed E-state index contributed by atoms with van der Waals surface area (Å²) >= 11 is 0. The number of phenolic OH excluding ortho intramolecular Hbond substituents is 1. The molecule has 5 heteroatoms. The van der Waals surface area contributed by atoms with E-state index in [2.05, 4.69) is 0 Å². The number of benzene rings is 2. The van der Waals surface area contributed by atoms with E-state index in [4.69, 9.17) is 0 Å². The topological polar surface area (TPSA) is 57.6 Å². The van der Waals surface area contributed by atoms with Gasteiger partial charge in [-0.1, -0.05) is 12.1 Å². The molecule has 3 rings (SSSR count). The number of anilines is 1. The lowest BCUT2D eigenvalue weighted by atomic mass is 10.1. The molecule has 0 saturated heterocycles. The van der Waals surface area contributed by atoms with Crippen LogP contribution < -0.4 is 4.90 Å². The predicted molar refractivity (Wildman–Crippen MR) is 70.0 cm³/mol. The number of fused-ring (bicyclic) bond motifs is 1. The highest BCUT2D eigenvalue weighted by Crippen LogP contribution is 2.31. The van der Waals surface area contributed by atoms with Crippen LogP contribution >= 0.6 is 0 Å². The van der Waals surface area contributed by atoms with Crippen molar-refractivity contribution in [2.24, 2.45) is 0 Å². The number of halogens is 1. The summed E-state index contributed by atoms with van der Waals surface area (Å²) in [6.45, 7) is 0.154. The number of carbonyl (C=O) groups is 2. The molecule has 1 amide bonds. The van der Waals surface area contributed by atoms with Crippen molar-refractivity contribution in [2.75, 3.05) is 4.90 Å². The van der Waals surface area contributed by atoms with Gasteiger partial charge in [-0.15, -0.1) is 0 Å². The molecule has 1 aliphatic rings. The molecule has 0 fully saturated rings. The molecule has 1 heterocycles. The second-order valence-corrected chi connectivity index (χ2v) is 4.55. The fourth-order valence-electron chi connectivity index (χ4n) is 2.21. The number of hydrogen-bond donors (Lipinski definition) is 1. The van der Waals surface area contributed by atoms with Crippen LogP contribution in [-0.4, -0.2) is 16.8 Å². The van der Waals surface area contributed by atoms with Gasteiger partial charge >= 0.3 is 0 Å². The van der Waals surface area contributed by atoms with E-state index in [1.54, 1.807) is 12.1 Å². The second kappa shape index (κ2) is 4.45. The number of hydrogen-bond acceptors (Lipinski definition) is 3. The Morgan fingerprint density at radius 3 is 2.45 bits per heavy atom. The van der Waals surface area contributed by atoms with E-state index < -0.39 is 17.5 Å². The highest BCUT2D eigenvalue weighted by Gasteiger charge is 2.35. The smallest absolute Gasteiger partial charge is 0.299 e. The van der Waals surface area contributed by atoms with Gasteiger partial charge in [0.1, 0.15) is 11.6 Å². The van der Waals surface area contributed by atoms with Gasteiger partial charge in [0.2, 0.25) is 0 Å². The summed E-state index contributed by atoms with van der Waals surface area (Å²) in [4.78, 5) is 25.0. The normalized spacial score (nSPS) is 13.8. The van der Waals surface area contributed by atoms with E-state index in [0.717, 1.165) is 11.6 Å². The maximum Gasteiger partial charge on any atom is 0.299 e. The van der Waals surface area contributed by atoms with Crippen molar-refractivity contribution in [3.05, 3.63) is 59.4 Å². The zero-order valence-corrected chi connectivity index (χ0v) is 10.3. The molecular weight excluding hydrogens is 261 g/mol. The molecule has 2 aromatic rings. The molecule has 0 aliphatic carbocycles. The van der Waals surface area contributed by atoms with Crippen LogP contribution in [0.25, 0.3) is 0 Å². The number of carbonyl (C=O) groups excluding carboxylic acids is 2. The van der Waals surface area contributed by atoms with Crippen molar-refractivity contribution in [2.45, 2.75) is 6.54 Å². The highest BCUT2D eigenvalue weighted by atomic mass is 19.1. The number of ketones is 1. The standard InChI is InChI=1S/C15H10FNO3/c16-10-3-6-12-13(7-10)17(15(20)14(12)19)8-9-1-4-11(18)5-2-9/h1-7,18H,8H2. The first kappa shape index (κ1) is 12.3. The van der Waals surface area contributed by atoms with E-state index in [9.17, 15) is 19.1 Å². The minimum atomic E-state index is -0.668. The van der Waals surface area contributed by atoms with Gasteiger partial charge in [0.25, 0.3) is 11.7 Å². The van der Waals surface area contributed by atoms with Gasteiger partial charge in [-0.3, -0.25) is 9.59 Å².